The summed E-state index contributed by atoms with van der Waals surface area (Å²) in [7, 11) is 3.58. The number of nitrogens with zero attached hydrogens (tertiary/aromatic N) is 3. The van der Waals surface area contributed by atoms with Crippen LogP contribution < -0.4 is 5.56 Å². The lowest BCUT2D eigenvalue weighted by atomic mass is 10.1. The second kappa shape index (κ2) is 2.95. The van der Waals surface area contributed by atoms with E-state index in [4.69, 9.17) is 0 Å². The van der Waals surface area contributed by atoms with Crippen molar-refractivity contribution in [2.24, 2.45) is 14.1 Å². The van der Waals surface area contributed by atoms with Gasteiger partial charge in [-0.25, -0.2) is 0 Å². The Hall–Kier alpha value is -2.10. The topological polar surface area (TPSA) is 39.8 Å². The Balaban J connectivity index is 2.76. The molecule has 1 aromatic carbocycles. The first-order valence-electron chi connectivity index (χ1n) is 5.09. The van der Waals surface area contributed by atoms with Crippen LogP contribution in [0.15, 0.2) is 35.3 Å². The fraction of sp³-hybridized carbons (Fsp3) is 0.167. The summed E-state index contributed by atoms with van der Waals surface area (Å²) in [5.74, 6) is 0. The Kier molecular flexibility index (Phi) is 1.68. The highest BCUT2D eigenvalue weighted by Gasteiger charge is 2.10. The molecule has 0 aliphatic carbocycles. The van der Waals surface area contributed by atoms with Gasteiger partial charge in [0, 0.05) is 24.9 Å². The Morgan fingerprint density at radius 3 is 2.69 bits per heavy atom. The van der Waals surface area contributed by atoms with Gasteiger partial charge in [-0.2, -0.15) is 5.10 Å². The number of rotatable bonds is 0. The van der Waals surface area contributed by atoms with Crippen LogP contribution in [0.1, 0.15) is 0 Å². The maximum absolute atomic E-state index is 12.1. The summed E-state index contributed by atoms with van der Waals surface area (Å²) in [5, 5.41) is 6.13. The Labute approximate surface area is 91.7 Å². The average Bonchev–Trinajstić information content (AvgIpc) is 2.69. The van der Waals surface area contributed by atoms with Gasteiger partial charge < -0.3 is 4.57 Å². The maximum Gasteiger partial charge on any atom is 0.276 e. The molecule has 0 saturated heterocycles. The molecule has 3 aromatic rings. The van der Waals surface area contributed by atoms with Crippen molar-refractivity contribution in [3.05, 3.63) is 40.8 Å². The summed E-state index contributed by atoms with van der Waals surface area (Å²) in [6, 6.07) is 7.87. The van der Waals surface area contributed by atoms with Crippen LogP contribution in [0.5, 0.6) is 0 Å². The number of hydrogen-bond donors (Lipinski definition) is 0. The highest BCUT2D eigenvalue weighted by Crippen LogP contribution is 2.20. The van der Waals surface area contributed by atoms with Crippen molar-refractivity contribution in [1.82, 2.24) is 14.3 Å². The van der Waals surface area contributed by atoms with Crippen LogP contribution in [-0.2, 0) is 14.1 Å². The van der Waals surface area contributed by atoms with Gasteiger partial charge in [0.25, 0.3) is 5.56 Å². The second-order valence-electron chi connectivity index (χ2n) is 3.91. The molecule has 2 aromatic heterocycles. The number of fused-ring (bicyclic) bond motifs is 3. The Morgan fingerprint density at radius 2 is 1.88 bits per heavy atom. The van der Waals surface area contributed by atoms with Crippen molar-refractivity contribution < 1.29 is 0 Å². The third-order valence-corrected chi connectivity index (χ3v) is 3.00. The molecule has 0 atom stereocenters. The van der Waals surface area contributed by atoms with Crippen molar-refractivity contribution in [3.8, 4) is 0 Å². The van der Waals surface area contributed by atoms with E-state index in [1.54, 1.807) is 29.5 Å². The minimum atomic E-state index is -0.00583. The van der Waals surface area contributed by atoms with Crippen molar-refractivity contribution in [3.63, 3.8) is 0 Å². The van der Waals surface area contributed by atoms with E-state index < -0.39 is 0 Å². The molecule has 16 heavy (non-hydrogen) atoms. The smallest absolute Gasteiger partial charge is 0.276 e. The van der Waals surface area contributed by atoms with Gasteiger partial charge in [0.15, 0.2) is 0 Å². The van der Waals surface area contributed by atoms with Gasteiger partial charge >= 0.3 is 0 Å². The molecular weight excluding hydrogens is 202 g/mol. The van der Waals surface area contributed by atoms with Crippen LogP contribution >= 0.6 is 0 Å². The molecule has 0 amide bonds. The standard InChI is InChI=1S/C12H11N3O/c1-14-10-6-4-3-5-8(10)9-7-13-15(2)11(9)12(14)16/h3-7H,1-2H3. The van der Waals surface area contributed by atoms with Gasteiger partial charge in [0.05, 0.1) is 11.7 Å². The van der Waals surface area contributed by atoms with E-state index in [-0.39, 0.29) is 5.56 Å². The predicted molar refractivity (Wildman–Crippen MR) is 63.5 cm³/mol. The quantitative estimate of drug-likeness (QED) is 0.566. The molecule has 3 rings (SSSR count). The zero-order chi connectivity index (χ0) is 11.3. The van der Waals surface area contributed by atoms with Crippen LogP contribution in [0.4, 0.5) is 0 Å². The van der Waals surface area contributed by atoms with Crippen molar-refractivity contribution in [2.45, 2.75) is 0 Å². The zero-order valence-corrected chi connectivity index (χ0v) is 9.14. The molecule has 0 aliphatic rings. The molecule has 0 unspecified atom stereocenters. The number of aromatic nitrogens is 3. The summed E-state index contributed by atoms with van der Waals surface area (Å²) < 4.78 is 3.30. The second-order valence-corrected chi connectivity index (χ2v) is 3.91. The fourth-order valence-electron chi connectivity index (χ4n) is 2.15. The number of pyridine rings is 1. The zero-order valence-electron chi connectivity index (χ0n) is 9.14. The van der Waals surface area contributed by atoms with Crippen LogP contribution in [0.2, 0.25) is 0 Å². The normalized spacial score (nSPS) is 11.4. The minimum Gasteiger partial charge on any atom is -0.309 e. The highest BCUT2D eigenvalue weighted by molar-refractivity contribution is 6.04. The predicted octanol–water partition coefficient (Wildman–Crippen LogP) is 1.43. The molecule has 0 aliphatic heterocycles. The molecule has 0 fully saturated rings. The maximum atomic E-state index is 12.1. The van der Waals surface area contributed by atoms with Crippen LogP contribution in [0.25, 0.3) is 21.8 Å². The first-order chi connectivity index (χ1) is 7.70. The Bertz CT molecular complexity index is 752. The van der Waals surface area contributed by atoms with Gasteiger partial charge in [-0.3, -0.25) is 9.48 Å². The molecule has 0 bridgehead atoms. The summed E-state index contributed by atoms with van der Waals surface area (Å²) in [4.78, 5) is 12.1. The van der Waals surface area contributed by atoms with Crippen LogP contribution in [-0.4, -0.2) is 14.3 Å². The van der Waals surface area contributed by atoms with Gasteiger partial charge in [-0.15, -0.1) is 0 Å². The van der Waals surface area contributed by atoms with Crippen molar-refractivity contribution in [1.29, 1.82) is 0 Å². The lowest BCUT2D eigenvalue weighted by molar-refractivity contribution is 0.783. The number of aryl methyl sites for hydroxylation is 2. The van der Waals surface area contributed by atoms with Gasteiger partial charge in [0.1, 0.15) is 5.52 Å². The SMILES string of the molecule is Cn1ncc2c3ccccc3n(C)c(=O)c21. The third-order valence-electron chi connectivity index (χ3n) is 3.00. The van der Waals surface area contributed by atoms with E-state index in [0.29, 0.717) is 5.52 Å². The van der Waals surface area contributed by atoms with E-state index in [1.807, 2.05) is 24.3 Å². The highest BCUT2D eigenvalue weighted by atomic mass is 16.1. The van der Waals surface area contributed by atoms with E-state index >= 15 is 0 Å². The van der Waals surface area contributed by atoms with Gasteiger partial charge in [-0.1, -0.05) is 18.2 Å². The molecule has 80 valence electrons. The summed E-state index contributed by atoms with van der Waals surface area (Å²) >= 11 is 0. The largest absolute Gasteiger partial charge is 0.309 e. The fourth-order valence-corrected chi connectivity index (χ4v) is 2.15. The van der Waals surface area contributed by atoms with E-state index in [1.165, 1.54) is 0 Å². The molecule has 0 spiro atoms. The molecule has 0 saturated carbocycles. The number of benzene rings is 1. The van der Waals surface area contributed by atoms with Crippen molar-refractivity contribution in [2.75, 3.05) is 0 Å². The number of para-hydroxylation sites is 1. The lowest BCUT2D eigenvalue weighted by Crippen LogP contribution is -2.19. The molecule has 0 radical (unpaired) electrons. The number of hydrogen-bond acceptors (Lipinski definition) is 2. The van der Waals surface area contributed by atoms with E-state index in [2.05, 4.69) is 5.10 Å². The van der Waals surface area contributed by atoms with Crippen LogP contribution in [0.3, 0.4) is 0 Å². The van der Waals surface area contributed by atoms with Crippen LogP contribution in [0, 0.1) is 0 Å². The summed E-state index contributed by atoms with van der Waals surface area (Å²) in [5.41, 5.74) is 1.59. The average molecular weight is 213 g/mol. The summed E-state index contributed by atoms with van der Waals surface area (Å²) in [6.07, 6.45) is 1.75. The molecule has 2 heterocycles. The van der Waals surface area contributed by atoms with Gasteiger partial charge in [0.2, 0.25) is 0 Å². The van der Waals surface area contributed by atoms with Gasteiger partial charge in [-0.05, 0) is 6.07 Å². The summed E-state index contributed by atoms with van der Waals surface area (Å²) in [6.45, 7) is 0. The lowest BCUT2D eigenvalue weighted by Gasteiger charge is -2.05. The first kappa shape index (κ1) is 9.15. The first-order valence-corrected chi connectivity index (χ1v) is 5.09. The van der Waals surface area contributed by atoms with Crippen molar-refractivity contribution >= 4 is 21.8 Å². The molecule has 0 N–H and O–H groups in total. The minimum absolute atomic E-state index is 0.00583. The third kappa shape index (κ3) is 0.984. The monoisotopic (exact) mass is 213 g/mol. The molecule has 4 heteroatoms. The molecule has 4 nitrogen and oxygen atoms in total. The Morgan fingerprint density at radius 1 is 1.12 bits per heavy atom. The van der Waals surface area contributed by atoms with E-state index in [0.717, 1.165) is 16.3 Å². The molecular formula is C12H11N3O. The van der Waals surface area contributed by atoms with E-state index in [9.17, 15) is 4.79 Å².